The molecule has 0 saturated carbocycles. The first-order chi connectivity index (χ1) is 7.75. The first-order valence-corrected chi connectivity index (χ1v) is 6.54. The van der Waals surface area contributed by atoms with Crippen molar-refractivity contribution in [3.05, 3.63) is 40.3 Å². The predicted octanol–water partition coefficient (Wildman–Crippen LogP) is 3.79. The van der Waals surface area contributed by atoms with Crippen molar-refractivity contribution in [2.45, 2.75) is 26.2 Å². The van der Waals surface area contributed by atoms with Crippen molar-refractivity contribution in [3.8, 4) is 11.1 Å². The van der Waals surface area contributed by atoms with Crippen molar-refractivity contribution >= 4 is 16.3 Å². The second kappa shape index (κ2) is 3.63. The Kier molecular flexibility index (Phi) is 2.25. The van der Waals surface area contributed by atoms with E-state index in [1.165, 1.54) is 46.4 Å². The molecule has 1 heterocycles. The highest BCUT2D eigenvalue weighted by molar-refractivity contribution is 7.16. The van der Waals surface area contributed by atoms with E-state index in [9.17, 15) is 0 Å². The molecule has 0 aliphatic heterocycles. The van der Waals surface area contributed by atoms with Crippen molar-refractivity contribution in [2.75, 3.05) is 5.73 Å². The molecule has 1 aliphatic rings. The molecule has 16 heavy (non-hydrogen) atoms. The van der Waals surface area contributed by atoms with E-state index in [0.717, 1.165) is 5.00 Å². The lowest BCUT2D eigenvalue weighted by atomic mass is 10.0. The van der Waals surface area contributed by atoms with Crippen molar-refractivity contribution < 1.29 is 0 Å². The van der Waals surface area contributed by atoms with Gasteiger partial charge in [-0.05, 0) is 37.3 Å². The van der Waals surface area contributed by atoms with Crippen LogP contribution in [0.15, 0.2) is 24.3 Å². The molecule has 2 aromatic rings. The summed E-state index contributed by atoms with van der Waals surface area (Å²) in [6.45, 7) is 2.12. The standard InChI is InChI=1S/C14H15NS/c1-9-5-7-10(8-6-9)13-11-3-2-4-12(11)16-14(13)15/h5-8H,2-4,15H2,1H3. The third-order valence-electron chi connectivity index (χ3n) is 3.29. The topological polar surface area (TPSA) is 26.0 Å². The minimum absolute atomic E-state index is 0.994. The highest BCUT2D eigenvalue weighted by atomic mass is 32.1. The van der Waals surface area contributed by atoms with E-state index in [1.54, 1.807) is 11.3 Å². The third kappa shape index (κ3) is 1.45. The molecule has 0 spiro atoms. The summed E-state index contributed by atoms with van der Waals surface area (Å²) in [5.74, 6) is 0. The molecule has 1 aromatic heterocycles. The van der Waals surface area contributed by atoms with E-state index < -0.39 is 0 Å². The number of anilines is 1. The van der Waals surface area contributed by atoms with Crippen LogP contribution in [0.5, 0.6) is 0 Å². The second-order valence-electron chi connectivity index (χ2n) is 4.46. The highest BCUT2D eigenvalue weighted by Gasteiger charge is 2.21. The van der Waals surface area contributed by atoms with Crippen LogP contribution in [0.4, 0.5) is 5.00 Å². The van der Waals surface area contributed by atoms with Gasteiger partial charge in [0.25, 0.3) is 0 Å². The van der Waals surface area contributed by atoms with E-state index >= 15 is 0 Å². The molecule has 3 rings (SSSR count). The minimum Gasteiger partial charge on any atom is -0.390 e. The average Bonchev–Trinajstić information content (AvgIpc) is 2.79. The number of fused-ring (bicyclic) bond motifs is 1. The molecule has 0 fully saturated rings. The maximum atomic E-state index is 6.14. The van der Waals surface area contributed by atoms with Crippen LogP contribution in [0.25, 0.3) is 11.1 Å². The van der Waals surface area contributed by atoms with Crippen LogP contribution in [0.3, 0.4) is 0 Å². The second-order valence-corrected chi connectivity index (χ2v) is 5.60. The summed E-state index contributed by atoms with van der Waals surface area (Å²) in [5, 5.41) is 0.994. The maximum Gasteiger partial charge on any atom is 0.0941 e. The summed E-state index contributed by atoms with van der Waals surface area (Å²) in [4.78, 5) is 1.51. The van der Waals surface area contributed by atoms with Crippen LogP contribution in [0.1, 0.15) is 22.4 Å². The summed E-state index contributed by atoms with van der Waals surface area (Å²) >= 11 is 1.78. The Morgan fingerprint density at radius 1 is 1.12 bits per heavy atom. The van der Waals surface area contributed by atoms with Gasteiger partial charge in [0.1, 0.15) is 0 Å². The van der Waals surface area contributed by atoms with Crippen molar-refractivity contribution in [2.24, 2.45) is 0 Å². The number of aryl methyl sites for hydroxylation is 2. The Hall–Kier alpha value is -1.28. The molecule has 0 atom stereocenters. The Balaban J connectivity index is 2.16. The number of nitrogen functional groups attached to an aromatic ring is 1. The number of nitrogens with two attached hydrogens (primary N) is 1. The van der Waals surface area contributed by atoms with E-state index in [4.69, 9.17) is 5.73 Å². The van der Waals surface area contributed by atoms with Crippen molar-refractivity contribution in [1.29, 1.82) is 0 Å². The highest BCUT2D eigenvalue weighted by Crippen LogP contribution is 2.43. The first kappa shape index (κ1) is 9.91. The fourth-order valence-electron chi connectivity index (χ4n) is 2.46. The quantitative estimate of drug-likeness (QED) is 0.791. The van der Waals surface area contributed by atoms with Crippen LogP contribution in [-0.4, -0.2) is 0 Å². The zero-order valence-electron chi connectivity index (χ0n) is 9.42. The molecule has 0 radical (unpaired) electrons. The Morgan fingerprint density at radius 3 is 2.62 bits per heavy atom. The number of hydrogen-bond donors (Lipinski definition) is 1. The Bertz CT molecular complexity index is 522. The monoisotopic (exact) mass is 229 g/mol. The summed E-state index contributed by atoms with van der Waals surface area (Å²) in [6.07, 6.45) is 3.71. The van der Waals surface area contributed by atoms with E-state index in [0.29, 0.717) is 0 Å². The summed E-state index contributed by atoms with van der Waals surface area (Å²) < 4.78 is 0. The van der Waals surface area contributed by atoms with Crippen LogP contribution in [0.2, 0.25) is 0 Å². The van der Waals surface area contributed by atoms with Gasteiger partial charge in [0.15, 0.2) is 0 Å². The fourth-order valence-corrected chi connectivity index (χ4v) is 3.64. The molecule has 0 amide bonds. The molecule has 82 valence electrons. The van der Waals surface area contributed by atoms with E-state index in [-0.39, 0.29) is 0 Å². The molecule has 2 N–H and O–H groups in total. The molecule has 1 aliphatic carbocycles. The SMILES string of the molecule is Cc1ccc(-c2c(N)sc3c2CCC3)cc1. The third-order valence-corrected chi connectivity index (χ3v) is 4.41. The maximum absolute atomic E-state index is 6.14. The number of hydrogen-bond acceptors (Lipinski definition) is 2. The van der Waals surface area contributed by atoms with Gasteiger partial charge in [-0.2, -0.15) is 0 Å². The van der Waals surface area contributed by atoms with Crippen LogP contribution in [-0.2, 0) is 12.8 Å². The molecule has 1 nitrogen and oxygen atoms in total. The molecule has 0 unspecified atom stereocenters. The minimum atomic E-state index is 0.994. The predicted molar refractivity (Wildman–Crippen MR) is 70.9 cm³/mol. The lowest BCUT2D eigenvalue weighted by molar-refractivity contribution is 0.915. The van der Waals surface area contributed by atoms with Gasteiger partial charge in [-0.3, -0.25) is 0 Å². The summed E-state index contributed by atoms with van der Waals surface area (Å²) in [5.41, 5.74) is 11.5. The van der Waals surface area contributed by atoms with Gasteiger partial charge in [-0.15, -0.1) is 11.3 Å². The Morgan fingerprint density at radius 2 is 1.88 bits per heavy atom. The Labute approximate surface area is 99.9 Å². The van der Waals surface area contributed by atoms with Gasteiger partial charge in [-0.25, -0.2) is 0 Å². The molecular formula is C14H15NS. The van der Waals surface area contributed by atoms with Gasteiger partial charge in [0, 0.05) is 10.4 Å². The van der Waals surface area contributed by atoms with Gasteiger partial charge < -0.3 is 5.73 Å². The van der Waals surface area contributed by atoms with E-state index in [1.807, 2.05) is 0 Å². The lowest BCUT2D eigenvalue weighted by Crippen LogP contribution is -1.88. The van der Waals surface area contributed by atoms with Crippen LogP contribution < -0.4 is 5.73 Å². The summed E-state index contributed by atoms with van der Waals surface area (Å²) in [7, 11) is 0. The molecule has 0 saturated heterocycles. The van der Waals surface area contributed by atoms with Gasteiger partial charge >= 0.3 is 0 Å². The molecule has 0 bridgehead atoms. The zero-order chi connectivity index (χ0) is 11.1. The van der Waals surface area contributed by atoms with Crippen molar-refractivity contribution in [1.82, 2.24) is 0 Å². The van der Waals surface area contributed by atoms with Gasteiger partial charge in [-0.1, -0.05) is 29.8 Å². The number of rotatable bonds is 1. The van der Waals surface area contributed by atoms with Gasteiger partial charge in [0.05, 0.1) is 5.00 Å². The molecular weight excluding hydrogens is 214 g/mol. The number of thiophene rings is 1. The van der Waals surface area contributed by atoms with E-state index in [2.05, 4.69) is 31.2 Å². The van der Waals surface area contributed by atoms with Crippen molar-refractivity contribution in [3.63, 3.8) is 0 Å². The average molecular weight is 229 g/mol. The molecule has 1 aromatic carbocycles. The van der Waals surface area contributed by atoms with Gasteiger partial charge in [0.2, 0.25) is 0 Å². The smallest absolute Gasteiger partial charge is 0.0941 e. The fraction of sp³-hybridized carbons (Fsp3) is 0.286. The molecule has 2 heteroatoms. The normalized spacial score (nSPS) is 14.1. The first-order valence-electron chi connectivity index (χ1n) is 5.73. The largest absolute Gasteiger partial charge is 0.390 e. The lowest BCUT2D eigenvalue weighted by Gasteiger charge is -2.04. The number of benzene rings is 1. The zero-order valence-corrected chi connectivity index (χ0v) is 10.2. The van der Waals surface area contributed by atoms with Crippen LogP contribution >= 0.6 is 11.3 Å². The summed E-state index contributed by atoms with van der Waals surface area (Å²) in [6, 6.07) is 8.69. The van der Waals surface area contributed by atoms with Crippen LogP contribution in [0, 0.1) is 6.92 Å².